The van der Waals surface area contributed by atoms with Gasteiger partial charge < -0.3 is 20.5 Å². The van der Waals surface area contributed by atoms with Gasteiger partial charge in [0.2, 0.25) is 0 Å². The highest BCUT2D eigenvalue weighted by Gasteiger charge is 2.07. The van der Waals surface area contributed by atoms with Gasteiger partial charge in [0.25, 0.3) is 0 Å². The summed E-state index contributed by atoms with van der Waals surface area (Å²) in [5, 5.41) is 13.9. The van der Waals surface area contributed by atoms with Gasteiger partial charge in [-0.2, -0.15) is 8.78 Å². The van der Waals surface area contributed by atoms with E-state index >= 15 is 0 Å². The zero-order valence-electron chi connectivity index (χ0n) is 11.1. The van der Waals surface area contributed by atoms with Crippen molar-refractivity contribution in [3.8, 4) is 5.75 Å². The molecule has 0 aromatic heterocycles. The number of aliphatic hydroxyl groups excluding tert-OH is 1. The molecule has 5 nitrogen and oxygen atoms in total. The highest BCUT2D eigenvalue weighted by molar-refractivity contribution is 5.89. The molecule has 1 aromatic carbocycles. The third-order valence-electron chi connectivity index (χ3n) is 2.55. The topological polar surface area (TPSA) is 70.6 Å². The van der Waals surface area contributed by atoms with Crippen LogP contribution in [0.15, 0.2) is 24.3 Å². The van der Waals surface area contributed by atoms with Crippen LogP contribution in [-0.2, 0) is 0 Å². The summed E-state index contributed by atoms with van der Waals surface area (Å²) in [5.41, 5.74) is 0.357. The van der Waals surface area contributed by atoms with Gasteiger partial charge in [-0.15, -0.1) is 0 Å². The number of benzene rings is 1. The first-order chi connectivity index (χ1) is 9.51. The van der Waals surface area contributed by atoms with Crippen molar-refractivity contribution in [2.75, 3.05) is 18.5 Å². The van der Waals surface area contributed by atoms with Gasteiger partial charge in [0.05, 0.1) is 0 Å². The average Bonchev–Trinajstić information content (AvgIpc) is 2.36. The number of amides is 2. The van der Waals surface area contributed by atoms with Crippen LogP contribution in [0.3, 0.4) is 0 Å². The summed E-state index contributed by atoms with van der Waals surface area (Å²) in [5.74, 6) is 0.130. The number of aliphatic hydroxyl groups is 1. The molecule has 0 aliphatic rings. The van der Waals surface area contributed by atoms with Crippen LogP contribution in [0.4, 0.5) is 19.3 Å². The van der Waals surface area contributed by atoms with Crippen LogP contribution in [0.5, 0.6) is 5.75 Å². The van der Waals surface area contributed by atoms with Crippen molar-refractivity contribution in [3.63, 3.8) is 0 Å². The molecule has 1 unspecified atom stereocenters. The quantitative estimate of drug-likeness (QED) is 0.721. The molecule has 0 aliphatic heterocycles. The van der Waals surface area contributed by atoms with Crippen LogP contribution in [0.25, 0.3) is 0 Å². The first-order valence-corrected chi connectivity index (χ1v) is 6.22. The van der Waals surface area contributed by atoms with Gasteiger partial charge in [-0.25, -0.2) is 4.79 Å². The third kappa shape index (κ3) is 6.33. The number of rotatable bonds is 7. The number of carbonyl (C=O) groups excluding carboxylic acids is 1. The average molecular weight is 288 g/mol. The molecule has 3 N–H and O–H groups in total. The third-order valence-corrected chi connectivity index (χ3v) is 2.55. The molecule has 7 heteroatoms. The lowest BCUT2D eigenvalue weighted by molar-refractivity contribution is -0.0497. The normalized spacial score (nSPS) is 12.1. The van der Waals surface area contributed by atoms with Crippen molar-refractivity contribution >= 4 is 11.7 Å². The number of halogens is 2. The number of urea groups is 1. The second-order valence-electron chi connectivity index (χ2n) is 4.36. The Bertz CT molecular complexity index is 430. The van der Waals surface area contributed by atoms with Crippen LogP contribution < -0.4 is 15.4 Å². The summed E-state index contributed by atoms with van der Waals surface area (Å²) in [7, 11) is 0. The zero-order chi connectivity index (χ0) is 15.0. The molecule has 1 atom stereocenters. The summed E-state index contributed by atoms with van der Waals surface area (Å²) in [6, 6.07) is 5.31. The summed E-state index contributed by atoms with van der Waals surface area (Å²) in [4.78, 5) is 11.6. The Balaban J connectivity index is 2.45. The van der Waals surface area contributed by atoms with E-state index in [2.05, 4.69) is 15.4 Å². The number of hydrogen-bond donors (Lipinski definition) is 3. The largest absolute Gasteiger partial charge is 0.435 e. The van der Waals surface area contributed by atoms with Gasteiger partial charge >= 0.3 is 12.6 Å². The van der Waals surface area contributed by atoms with Crippen LogP contribution in [0.2, 0.25) is 0 Å². The van der Waals surface area contributed by atoms with Gasteiger partial charge in [-0.3, -0.25) is 0 Å². The van der Waals surface area contributed by atoms with Crippen LogP contribution >= 0.6 is 0 Å². The van der Waals surface area contributed by atoms with Crippen molar-refractivity contribution < 1.29 is 23.4 Å². The minimum Gasteiger partial charge on any atom is -0.435 e. The lowest BCUT2D eigenvalue weighted by Crippen LogP contribution is -2.32. The molecule has 112 valence electrons. The Labute approximate surface area is 115 Å². The molecule has 1 rings (SSSR count). The first kappa shape index (κ1) is 16.2. The highest BCUT2D eigenvalue weighted by atomic mass is 19.3. The lowest BCUT2D eigenvalue weighted by Gasteiger charge is -2.12. The van der Waals surface area contributed by atoms with Gasteiger partial charge in [-0.1, -0.05) is 13.0 Å². The molecule has 0 saturated heterocycles. The number of alkyl halides is 2. The van der Waals surface area contributed by atoms with E-state index in [0.717, 1.165) is 0 Å². The minimum absolute atomic E-state index is 0.0218. The standard InChI is InChI=1S/C13H18F2N2O3/c1-9(5-6-18)8-16-13(19)17-10-3-2-4-11(7-10)20-12(14)15/h2-4,7,9,12,18H,5-6,8H2,1H3,(H2,16,17,19). The Kier molecular flexibility index (Phi) is 6.72. The van der Waals surface area contributed by atoms with E-state index in [-0.39, 0.29) is 18.3 Å². The van der Waals surface area contributed by atoms with E-state index in [1.165, 1.54) is 18.2 Å². The molecule has 20 heavy (non-hydrogen) atoms. The predicted molar refractivity (Wildman–Crippen MR) is 71.0 cm³/mol. The van der Waals surface area contributed by atoms with Crippen LogP contribution in [0.1, 0.15) is 13.3 Å². The van der Waals surface area contributed by atoms with Crippen LogP contribution in [-0.4, -0.2) is 30.9 Å². The summed E-state index contributed by atoms with van der Waals surface area (Å²) < 4.78 is 28.3. The van der Waals surface area contributed by atoms with Gasteiger partial charge in [0.1, 0.15) is 5.75 Å². The summed E-state index contributed by atoms with van der Waals surface area (Å²) in [6.07, 6.45) is 0.595. The summed E-state index contributed by atoms with van der Waals surface area (Å²) in [6.45, 7) is -0.525. The van der Waals surface area contributed by atoms with Crippen molar-refractivity contribution in [1.29, 1.82) is 0 Å². The molecule has 0 bridgehead atoms. The number of ether oxygens (including phenoxy) is 1. The fourth-order valence-corrected chi connectivity index (χ4v) is 1.51. The molecule has 0 spiro atoms. The van der Waals surface area contributed by atoms with E-state index < -0.39 is 12.6 Å². The fourth-order valence-electron chi connectivity index (χ4n) is 1.51. The van der Waals surface area contributed by atoms with Crippen molar-refractivity contribution in [2.24, 2.45) is 5.92 Å². The van der Waals surface area contributed by atoms with Crippen molar-refractivity contribution in [2.45, 2.75) is 20.0 Å². The number of carbonyl (C=O) groups is 1. The molecule has 1 aromatic rings. The van der Waals surface area contributed by atoms with Gasteiger partial charge in [0.15, 0.2) is 0 Å². The minimum atomic E-state index is -2.90. The monoisotopic (exact) mass is 288 g/mol. The molecule has 0 saturated carbocycles. The number of nitrogens with one attached hydrogen (secondary N) is 2. The molecule has 0 heterocycles. The SMILES string of the molecule is CC(CCO)CNC(=O)Nc1cccc(OC(F)F)c1. The maximum absolute atomic E-state index is 12.1. The van der Waals surface area contributed by atoms with E-state index in [1.54, 1.807) is 6.07 Å². The second kappa shape index (κ2) is 8.31. The highest BCUT2D eigenvalue weighted by Crippen LogP contribution is 2.19. The molecule has 0 radical (unpaired) electrons. The Hall–Kier alpha value is -1.89. The van der Waals surface area contributed by atoms with Crippen molar-refractivity contribution in [3.05, 3.63) is 24.3 Å². The maximum Gasteiger partial charge on any atom is 0.387 e. The zero-order valence-corrected chi connectivity index (χ0v) is 11.1. The fraction of sp³-hybridized carbons (Fsp3) is 0.462. The molecular weight excluding hydrogens is 270 g/mol. The van der Waals surface area contributed by atoms with Crippen molar-refractivity contribution in [1.82, 2.24) is 5.32 Å². The van der Waals surface area contributed by atoms with E-state index in [4.69, 9.17) is 5.11 Å². The number of hydrogen-bond acceptors (Lipinski definition) is 3. The lowest BCUT2D eigenvalue weighted by atomic mass is 10.1. The van der Waals surface area contributed by atoms with E-state index in [0.29, 0.717) is 18.7 Å². The Morgan fingerprint density at radius 3 is 2.85 bits per heavy atom. The summed E-state index contributed by atoms with van der Waals surface area (Å²) >= 11 is 0. The predicted octanol–water partition coefficient (Wildman–Crippen LogP) is 2.43. The maximum atomic E-state index is 12.1. The van der Waals surface area contributed by atoms with E-state index in [9.17, 15) is 13.6 Å². The smallest absolute Gasteiger partial charge is 0.387 e. The van der Waals surface area contributed by atoms with Gasteiger partial charge in [-0.05, 0) is 24.5 Å². The molecule has 0 fully saturated rings. The first-order valence-electron chi connectivity index (χ1n) is 6.22. The molecular formula is C13H18F2N2O3. The number of anilines is 1. The van der Waals surface area contributed by atoms with E-state index in [1.807, 2.05) is 6.92 Å². The Morgan fingerprint density at radius 1 is 1.45 bits per heavy atom. The Morgan fingerprint density at radius 2 is 2.20 bits per heavy atom. The molecule has 2 amide bonds. The second-order valence-corrected chi connectivity index (χ2v) is 4.36. The van der Waals surface area contributed by atoms with Crippen LogP contribution in [0, 0.1) is 5.92 Å². The van der Waals surface area contributed by atoms with Gasteiger partial charge in [0, 0.05) is 24.9 Å². The molecule has 0 aliphatic carbocycles.